The van der Waals surface area contributed by atoms with Crippen LogP contribution in [0.2, 0.25) is 0 Å². The van der Waals surface area contributed by atoms with Gasteiger partial charge in [0.25, 0.3) is 5.91 Å². The molecule has 2 amide bonds. The molecule has 0 radical (unpaired) electrons. The zero-order valence-corrected chi connectivity index (χ0v) is 19.3. The van der Waals surface area contributed by atoms with Crippen LogP contribution in [0.25, 0.3) is 11.3 Å². The van der Waals surface area contributed by atoms with Gasteiger partial charge in [-0.05, 0) is 55.5 Å². The minimum Gasteiger partial charge on any atom is -0.455 e. The highest BCUT2D eigenvalue weighted by atomic mass is 32.2. The maximum Gasteiger partial charge on any atom is 0.289 e. The lowest BCUT2D eigenvalue weighted by Crippen LogP contribution is -2.55. The van der Waals surface area contributed by atoms with Crippen molar-refractivity contribution in [3.63, 3.8) is 0 Å². The normalized spacial score (nSPS) is 16.2. The average molecular weight is 469 g/mol. The van der Waals surface area contributed by atoms with Gasteiger partial charge in [-0.15, -0.1) is 10.2 Å². The predicted molar refractivity (Wildman–Crippen MR) is 123 cm³/mol. The second-order valence-corrected chi connectivity index (χ2v) is 8.85. The molecular weight excluding hydrogens is 443 g/mol. The summed E-state index contributed by atoms with van der Waals surface area (Å²) in [5.74, 6) is 1.13. The van der Waals surface area contributed by atoms with E-state index in [1.807, 2.05) is 30.9 Å². The standard InChI is InChI=1S/C24H25FN4O3S/c1-3-23(30)29-13-12-28(14-16(29)2)24(31)21-10-8-19(32-21)15-33-22-11-9-20(26-27-22)17-4-6-18(25)7-5-17/h4-11,16H,3,12-15H2,1-2H3. The molecule has 1 fully saturated rings. The van der Waals surface area contributed by atoms with Crippen molar-refractivity contribution in [1.82, 2.24) is 20.0 Å². The Balaban J connectivity index is 1.32. The third-order valence-electron chi connectivity index (χ3n) is 5.55. The smallest absolute Gasteiger partial charge is 0.289 e. The topological polar surface area (TPSA) is 79.5 Å². The quantitative estimate of drug-likeness (QED) is 0.503. The average Bonchev–Trinajstić information content (AvgIpc) is 3.31. The van der Waals surface area contributed by atoms with Gasteiger partial charge in [0.05, 0.1) is 11.4 Å². The van der Waals surface area contributed by atoms with Crippen molar-refractivity contribution in [2.45, 2.75) is 37.1 Å². The summed E-state index contributed by atoms with van der Waals surface area (Å²) >= 11 is 1.45. The van der Waals surface area contributed by atoms with Gasteiger partial charge < -0.3 is 14.2 Å². The van der Waals surface area contributed by atoms with E-state index in [-0.39, 0.29) is 23.7 Å². The second-order valence-electron chi connectivity index (χ2n) is 7.86. The van der Waals surface area contributed by atoms with E-state index in [4.69, 9.17) is 4.42 Å². The number of carbonyl (C=O) groups is 2. The monoisotopic (exact) mass is 468 g/mol. The third-order valence-corrected chi connectivity index (χ3v) is 6.49. The number of carbonyl (C=O) groups excluding carboxylic acids is 2. The van der Waals surface area contributed by atoms with E-state index in [0.29, 0.717) is 49.0 Å². The van der Waals surface area contributed by atoms with Crippen LogP contribution in [-0.2, 0) is 10.5 Å². The van der Waals surface area contributed by atoms with Crippen molar-refractivity contribution in [3.8, 4) is 11.3 Å². The Kier molecular flexibility index (Phi) is 7.08. The third kappa shape index (κ3) is 5.42. The fraction of sp³-hybridized carbons (Fsp3) is 0.333. The van der Waals surface area contributed by atoms with E-state index < -0.39 is 0 Å². The number of benzene rings is 1. The molecule has 0 spiro atoms. The molecule has 2 aromatic heterocycles. The Morgan fingerprint density at radius 2 is 1.88 bits per heavy atom. The molecule has 0 saturated carbocycles. The van der Waals surface area contributed by atoms with Crippen LogP contribution in [0.3, 0.4) is 0 Å². The number of hydrogen-bond donors (Lipinski definition) is 0. The molecule has 1 atom stereocenters. The predicted octanol–water partition coefficient (Wildman–Crippen LogP) is 4.25. The first-order valence-corrected chi connectivity index (χ1v) is 11.8. The minimum absolute atomic E-state index is 0.0170. The number of piperazine rings is 1. The summed E-state index contributed by atoms with van der Waals surface area (Å²) in [4.78, 5) is 28.4. The Morgan fingerprint density at radius 3 is 2.55 bits per heavy atom. The molecule has 1 aromatic carbocycles. The summed E-state index contributed by atoms with van der Waals surface area (Å²) in [5, 5.41) is 9.14. The molecule has 3 aromatic rings. The van der Waals surface area contributed by atoms with Gasteiger partial charge in [0.2, 0.25) is 5.91 Å². The molecule has 1 unspecified atom stereocenters. The molecule has 3 heterocycles. The van der Waals surface area contributed by atoms with Gasteiger partial charge in [-0.1, -0.05) is 18.7 Å². The second kappa shape index (κ2) is 10.2. The highest BCUT2D eigenvalue weighted by molar-refractivity contribution is 7.98. The molecule has 0 N–H and O–H groups in total. The van der Waals surface area contributed by atoms with Gasteiger partial charge in [-0.25, -0.2) is 4.39 Å². The van der Waals surface area contributed by atoms with E-state index in [2.05, 4.69) is 10.2 Å². The number of rotatable bonds is 6. The van der Waals surface area contributed by atoms with Crippen LogP contribution >= 0.6 is 11.8 Å². The van der Waals surface area contributed by atoms with Gasteiger partial charge in [-0.2, -0.15) is 0 Å². The molecule has 172 valence electrons. The summed E-state index contributed by atoms with van der Waals surface area (Å²) < 4.78 is 18.9. The molecule has 33 heavy (non-hydrogen) atoms. The van der Waals surface area contributed by atoms with Crippen LogP contribution in [0.4, 0.5) is 4.39 Å². The van der Waals surface area contributed by atoms with Crippen LogP contribution < -0.4 is 0 Å². The van der Waals surface area contributed by atoms with Crippen LogP contribution in [0.5, 0.6) is 0 Å². The number of nitrogens with zero attached hydrogens (tertiary/aromatic N) is 4. The van der Waals surface area contributed by atoms with E-state index in [0.717, 1.165) is 10.6 Å². The molecule has 0 aliphatic carbocycles. The van der Waals surface area contributed by atoms with E-state index in [9.17, 15) is 14.0 Å². The first kappa shape index (κ1) is 23.0. The number of amides is 2. The lowest BCUT2D eigenvalue weighted by Gasteiger charge is -2.39. The zero-order chi connectivity index (χ0) is 23.4. The number of hydrogen-bond acceptors (Lipinski definition) is 6. The van der Waals surface area contributed by atoms with Crippen LogP contribution in [0.15, 0.2) is 58.0 Å². The fourth-order valence-electron chi connectivity index (χ4n) is 3.76. The highest BCUT2D eigenvalue weighted by Crippen LogP contribution is 2.25. The van der Waals surface area contributed by atoms with Crippen molar-refractivity contribution in [2.75, 3.05) is 19.6 Å². The van der Waals surface area contributed by atoms with Crippen LogP contribution in [0.1, 0.15) is 36.6 Å². The Bertz CT molecular complexity index is 1120. The van der Waals surface area contributed by atoms with Crippen LogP contribution in [0, 0.1) is 5.82 Å². The molecule has 1 aliphatic rings. The van der Waals surface area contributed by atoms with E-state index in [1.54, 1.807) is 29.2 Å². The van der Waals surface area contributed by atoms with E-state index >= 15 is 0 Å². The molecule has 1 saturated heterocycles. The number of thioether (sulfide) groups is 1. The van der Waals surface area contributed by atoms with Crippen molar-refractivity contribution in [2.24, 2.45) is 0 Å². The zero-order valence-electron chi connectivity index (χ0n) is 18.5. The fourth-order valence-corrected chi connectivity index (χ4v) is 4.47. The van der Waals surface area contributed by atoms with Gasteiger partial charge in [0.15, 0.2) is 5.76 Å². The van der Waals surface area contributed by atoms with Gasteiger partial charge >= 0.3 is 0 Å². The van der Waals surface area contributed by atoms with Gasteiger partial charge in [-0.3, -0.25) is 9.59 Å². The van der Waals surface area contributed by atoms with Crippen molar-refractivity contribution < 1.29 is 18.4 Å². The summed E-state index contributed by atoms with van der Waals surface area (Å²) in [6.07, 6.45) is 0.469. The Hall–Kier alpha value is -3.20. The number of aromatic nitrogens is 2. The Labute approximate surface area is 196 Å². The molecule has 0 bridgehead atoms. The van der Waals surface area contributed by atoms with Crippen molar-refractivity contribution >= 4 is 23.6 Å². The summed E-state index contributed by atoms with van der Waals surface area (Å²) in [5.41, 5.74) is 1.46. The maximum absolute atomic E-state index is 13.1. The number of halogens is 1. The summed E-state index contributed by atoms with van der Waals surface area (Å²) in [6, 6.07) is 13.3. The molecule has 7 nitrogen and oxygen atoms in total. The first-order valence-electron chi connectivity index (χ1n) is 10.8. The largest absolute Gasteiger partial charge is 0.455 e. The van der Waals surface area contributed by atoms with Gasteiger partial charge in [0, 0.05) is 37.7 Å². The molecule has 4 rings (SSSR count). The first-order chi connectivity index (χ1) is 15.9. The molecular formula is C24H25FN4O3S. The summed E-state index contributed by atoms with van der Waals surface area (Å²) in [7, 11) is 0. The molecule has 9 heteroatoms. The molecule has 1 aliphatic heterocycles. The maximum atomic E-state index is 13.1. The summed E-state index contributed by atoms with van der Waals surface area (Å²) in [6.45, 7) is 5.33. The lowest BCUT2D eigenvalue weighted by molar-refractivity contribution is -0.134. The van der Waals surface area contributed by atoms with Crippen LogP contribution in [-0.4, -0.2) is 57.5 Å². The van der Waals surface area contributed by atoms with Crippen molar-refractivity contribution in [3.05, 3.63) is 65.9 Å². The Morgan fingerprint density at radius 1 is 1.09 bits per heavy atom. The SMILES string of the molecule is CCC(=O)N1CCN(C(=O)c2ccc(CSc3ccc(-c4ccc(F)cc4)nn3)o2)CC1C. The van der Waals surface area contributed by atoms with E-state index in [1.165, 1.54) is 23.9 Å². The highest BCUT2D eigenvalue weighted by Gasteiger charge is 2.30. The number of furan rings is 1. The van der Waals surface area contributed by atoms with Crippen molar-refractivity contribution in [1.29, 1.82) is 0 Å². The minimum atomic E-state index is -0.293. The lowest BCUT2D eigenvalue weighted by atomic mass is 10.1. The van der Waals surface area contributed by atoms with Gasteiger partial charge in [0.1, 0.15) is 16.6 Å².